The SMILES string of the molecule is Oc1ccc2c(c1)OC(c1ccc(OCCN3CCCCC3)cc1)C(c1ccccc1)S2. The maximum atomic E-state index is 9.93. The van der Waals surface area contributed by atoms with Crippen LogP contribution < -0.4 is 9.47 Å². The van der Waals surface area contributed by atoms with Gasteiger partial charge >= 0.3 is 0 Å². The average molecular weight is 448 g/mol. The molecule has 5 rings (SSSR count). The lowest BCUT2D eigenvalue weighted by molar-refractivity contribution is 0.182. The quantitative estimate of drug-likeness (QED) is 0.486. The summed E-state index contributed by atoms with van der Waals surface area (Å²) >= 11 is 1.78. The summed E-state index contributed by atoms with van der Waals surface area (Å²) in [5.41, 5.74) is 2.33. The van der Waals surface area contributed by atoms with E-state index in [4.69, 9.17) is 9.47 Å². The van der Waals surface area contributed by atoms with E-state index in [2.05, 4.69) is 41.3 Å². The molecule has 1 fully saturated rings. The molecule has 0 aliphatic carbocycles. The third-order valence-corrected chi connectivity index (χ3v) is 7.54. The molecule has 0 aromatic heterocycles. The predicted molar refractivity (Wildman–Crippen MR) is 129 cm³/mol. The van der Waals surface area contributed by atoms with Gasteiger partial charge in [0, 0.05) is 12.6 Å². The van der Waals surface area contributed by atoms with Gasteiger partial charge in [0.15, 0.2) is 0 Å². The van der Waals surface area contributed by atoms with Crippen LogP contribution in [0.25, 0.3) is 0 Å². The topological polar surface area (TPSA) is 41.9 Å². The Labute approximate surface area is 194 Å². The Kier molecular flexibility index (Phi) is 6.56. The highest BCUT2D eigenvalue weighted by Gasteiger charge is 2.33. The summed E-state index contributed by atoms with van der Waals surface area (Å²) in [6.45, 7) is 4.09. The Morgan fingerprint density at radius 1 is 0.906 bits per heavy atom. The number of phenols is 1. The zero-order valence-corrected chi connectivity index (χ0v) is 19.0. The van der Waals surface area contributed by atoms with Gasteiger partial charge in [-0.3, -0.25) is 4.90 Å². The second kappa shape index (κ2) is 9.88. The zero-order chi connectivity index (χ0) is 21.8. The van der Waals surface area contributed by atoms with E-state index >= 15 is 0 Å². The van der Waals surface area contributed by atoms with Crippen molar-refractivity contribution in [3.8, 4) is 17.2 Å². The van der Waals surface area contributed by atoms with Gasteiger partial charge in [-0.1, -0.05) is 48.9 Å². The molecule has 0 bridgehead atoms. The number of hydrogen-bond acceptors (Lipinski definition) is 5. The van der Waals surface area contributed by atoms with Crippen LogP contribution in [0.15, 0.2) is 77.7 Å². The first-order valence-electron chi connectivity index (χ1n) is 11.4. The first-order chi connectivity index (χ1) is 15.8. The van der Waals surface area contributed by atoms with Gasteiger partial charge in [0.25, 0.3) is 0 Å². The molecule has 0 saturated carbocycles. The molecule has 1 N–H and O–H groups in total. The van der Waals surface area contributed by atoms with Gasteiger partial charge in [0.1, 0.15) is 30.0 Å². The van der Waals surface area contributed by atoms with Crippen LogP contribution in [0.5, 0.6) is 17.2 Å². The highest BCUT2D eigenvalue weighted by atomic mass is 32.2. The zero-order valence-electron chi connectivity index (χ0n) is 18.2. The normalized spacial score (nSPS) is 20.9. The fraction of sp³-hybridized carbons (Fsp3) is 0.333. The Bertz CT molecular complexity index is 1020. The van der Waals surface area contributed by atoms with E-state index in [1.165, 1.54) is 37.9 Å². The Morgan fingerprint density at radius 2 is 1.69 bits per heavy atom. The fourth-order valence-corrected chi connectivity index (χ4v) is 5.71. The maximum Gasteiger partial charge on any atom is 0.140 e. The minimum absolute atomic E-state index is 0.124. The minimum atomic E-state index is -0.154. The lowest BCUT2D eigenvalue weighted by Crippen LogP contribution is -2.33. The molecule has 1 saturated heterocycles. The number of hydrogen-bond donors (Lipinski definition) is 1. The Morgan fingerprint density at radius 3 is 2.47 bits per heavy atom. The number of piperidine rings is 1. The number of phenolic OH excluding ortho intramolecular Hbond substituents is 1. The number of rotatable bonds is 6. The van der Waals surface area contributed by atoms with Gasteiger partial charge in [0.2, 0.25) is 0 Å². The van der Waals surface area contributed by atoms with Crippen molar-refractivity contribution in [2.24, 2.45) is 0 Å². The number of aromatic hydroxyl groups is 1. The highest BCUT2D eigenvalue weighted by Crippen LogP contribution is 2.53. The van der Waals surface area contributed by atoms with Crippen molar-refractivity contribution in [1.82, 2.24) is 4.90 Å². The minimum Gasteiger partial charge on any atom is -0.508 e. The van der Waals surface area contributed by atoms with Gasteiger partial charge in [-0.2, -0.15) is 0 Å². The molecule has 2 aliphatic rings. The summed E-state index contributed by atoms with van der Waals surface area (Å²) in [6, 6.07) is 24.1. The van der Waals surface area contributed by atoms with Crippen molar-refractivity contribution < 1.29 is 14.6 Å². The highest BCUT2D eigenvalue weighted by molar-refractivity contribution is 7.99. The van der Waals surface area contributed by atoms with Crippen LogP contribution in [0.2, 0.25) is 0 Å². The van der Waals surface area contributed by atoms with Crippen LogP contribution in [-0.2, 0) is 0 Å². The smallest absolute Gasteiger partial charge is 0.140 e. The van der Waals surface area contributed by atoms with E-state index in [0.29, 0.717) is 6.61 Å². The molecule has 2 aliphatic heterocycles. The monoisotopic (exact) mass is 447 g/mol. The van der Waals surface area contributed by atoms with E-state index in [0.717, 1.165) is 28.5 Å². The van der Waals surface area contributed by atoms with Crippen LogP contribution in [0, 0.1) is 0 Å². The number of nitrogens with zero attached hydrogens (tertiary/aromatic N) is 1. The van der Waals surface area contributed by atoms with Gasteiger partial charge < -0.3 is 14.6 Å². The molecule has 166 valence electrons. The van der Waals surface area contributed by atoms with E-state index in [1.54, 1.807) is 23.9 Å². The van der Waals surface area contributed by atoms with E-state index in [9.17, 15) is 5.11 Å². The van der Waals surface area contributed by atoms with Crippen molar-refractivity contribution >= 4 is 11.8 Å². The second-order valence-electron chi connectivity index (χ2n) is 8.44. The summed E-state index contributed by atoms with van der Waals surface area (Å²) < 4.78 is 12.5. The van der Waals surface area contributed by atoms with E-state index < -0.39 is 0 Å². The standard InChI is InChI=1S/C27H29NO3S/c29-22-11-14-25-24(19-22)31-26(27(32-25)21-7-3-1-4-8-21)20-9-12-23(13-10-20)30-18-17-28-15-5-2-6-16-28/h1,3-4,7-14,19,26-27,29H,2,5-6,15-18H2. The fourth-order valence-electron chi connectivity index (χ4n) is 4.44. The molecule has 2 heterocycles. The van der Waals surface area contributed by atoms with Crippen molar-refractivity contribution in [3.05, 3.63) is 83.9 Å². The number of likely N-dealkylation sites (tertiary alicyclic amines) is 1. The maximum absolute atomic E-state index is 9.93. The Balaban J connectivity index is 1.31. The summed E-state index contributed by atoms with van der Waals surface area (Å²) in [5.74, 6) is 1.84. The van der Waals surface area contributed by atoms with E-state index in [-0.39, 0.29) is 17.1 Å². The molecule has 2 unspecified atom stereocenters. The molecule has 5 heteroatoms. The third kappa shape index (κ3) is 4.89. The largest absolute Gasteiger partial charge is 0.508 e. The molecule has 0 radical (unpaired) electrons. The van der Waals surface area contributed by atoms with Crippen molar-refractivity contribution in [3.63, 3.8) is 0 Å². The molecular weight excluding hydrogens is 418 g/mol. The van der Waals surface area contributed by atoms with Gasteiger partial charge in [-0.15, -0.1) is 11.8 Å². The van der Waals surface area contributed by atoms with Crippen LogP contribution in [0.4, 0.5) is 0 Å². The van der Waals surface area contributed by atoms with Crippen LogP contribution in [0.1, 0.15) is 41.7 Å². The third-order valence-electron chi connectivity index (χ3n) is 6.17. The van der Waals surface area contributed by atoms with Gasteiger partial charge in [0.05, 0.1) is 10.1 Å². The second-order valence-corrected chi connectivity index (χ2v) is 9.62. The summed E-state index contributed by atoms with van der Waals surface area (Å²) in [4.78, 5) is 3.54. The Hall–Kier alpha value is -2.63. The molecular formula is C27H29NO3S. The molecule has 3 aromatic rings. The lowest BCUT2D eigenvalue weighted by Gasteiger charge is -2.34. The van der Waals surface area contributed by atoms with Crippen LogP contribution >= 0.6 is 11.8 Å². The lowest BCUT2D eigenvalue weighted by atomic mass is 10.00. The average Bonchev–Trinajstić information content (AvgIpc) is 2.85. The number of ether oxygens (including phenoxy) is 2. The summed E-state index contributed by atoms with van der Waals surface area (Å²) in [5, 5.41) is 10.1. The molecule has 3 aromatic carbocycles. The summed E-state index contributed by atoms with van der Waals surface area (Å²) in [7, 11) is 0. The first kappa shape index (κ1) is 21.2. The molecule has 32 heavy (non-hydrogen) atoms. The molecule has 4 nitrogen and oxygen atoms in total. The predicted octanol–water partition coefficient (Wildman–Crippen LogP) is 6.22. The van der Waals surface area contributed by atoms with Crippen molar-refractivity contribution in [2.45, 2.75) is 35.5 Å². The van der Waals surface area contributed by atoms with Crippen LogP contribution in [0.3, 0.4) is 0 Å². The summed E-state index contributed by atoms with van der Waals surface area (Å²) in [6.07, 6.45) is 3.81. The van der Waals surface area contributed by atoms with Crippen LogP contribution in [-0.4, -0.2) is 36.2 Å². The van der Waals surface area contributed by atoms with Gasteiger partial charge in [-0.25, -0.2) is 0 Å². The number of fused-ring (bicyclic) bond motifs is 1. The first-order valence-corrected chi connectivity index (χ1v) is 12.3. The van der Waals surface area contributed by atoms with Crippen molar-refractivity contribution in [1.29, 1.82) is 0 Å². The van der Waals surface area contributed by atoms with Gasteiger partial charge in [-0.05, 0) is 61.3 Å². The molecule has 0 spiro atoms. The number of thioether (sulfide) groups is 1. The van der Waals surface area contributed by atoms with Crippen molar-refractivity contribution in [2.75, 3.05) is 26.2 Å². The van der Waals surface area contributed by atoms with E-state index in [1.807, 2.05) is 24.3 Å². The molecule has 0 amide bonds. The molecule has 2 atom stereocenters. The number of benzene rings is 3.